The van der Waals surface area contributed by atoms with Crippen molar-refractivity contribution in [3.8, 4) is 0 Å². The van der Waals surface area contributed by atoms with Crippen molar-refractivity contribution in [3.63, 3.8) is 0 Å². The maximum atomic E-state index is 9.17. The molecule has 1 aliphatic heterocycles. The Bertz CT molecular complexity index is 141. The highest BCUT2D eigenvalue weighted by Gasteiger charge is 2.33. The molecule has 0 aromatic carbocycles. The number of nitrogens with zero attached hydrogens (tertiary/aromatic N) is 2. The second-order valence-corrected chi connectivity index (χ2v) is 3.81. The molecule has 3 heteroatoms. The fraction of sp³-hybridized carbons (Fsp3) is 1.00. The van der Waals surface area contributed by atoms with Gasteiger partial charge in [-0.2, -0.15) is 0 Å². The molecule has 0 saturated carbocycles. The number of rotatable bonds is 1. The highest BCUT2D eigenvalue weighted by molar-refractivity contribution is 4.90. The molecule has 0 radical (unpaired) electrons. The molecule has 1 unspecified atom stereocenters. The van der Waals surface area contributed by atoms with Gasteiger partial charge in [0.05, 0.1) is 12.1 Å². The molecule has 1 heterocycles. The van der Waals surface area contributed by atoms with Crippen LogP contribution in [0.2, 0.25) is 0 Å². The number of likely N-dealkylation sites (N-methyl/N-ethyl adjacent to an activating group) is 2. The topological polar surface area (TPSA) is 26.7 Å². The standard InChI is InChI=1S/C8H18N2O.C2H6/c1-8(7-11)6-9(2)4-5-10(8)3;1-2/h11H,4-7H2,1-3H3;1-2H3. The van der Waals surface area contributed by atoms with Gasteiger partial charge in [0.1, 0.15) is 0 Å². The molecule has 1 N–H and O–H groups in total. The molecule has 0 amide bonds. The van der Waals surface area contributed by atoms with Crippen LogP contribution < -0.4 is 0 Å². The fourth-order valence-corrected chi connectivity index (χ4v) is 1.54. The van der Waals surface area contributed by atoms with E-state index in [0.717, 1.165) is 19.6 Å². The van der Waals surface area contributed by atoms with Gasteiger partial charge in [-0.05, 0) is 21.0 Å². The van der Waals surface area contributed by atoms with E-state index in [1.807, 2.05) is 13.8 Å². The second-order valence-electron chi connectivity index (χ2n) is 3.81. The predicted octanol–water partition coefficient (Wildman–Crippen LogP) is 0.641. The van der Waals surface area contributed by atoms with Crippen LogP contribution in [0.15, 0.2) is 0 Å². The molecule has 1 fully saturated rings. The lowest BCUT2D eigenvalue weighted by Gasteiger charge is -2.45. The Morgan fingerprint density at radius 1 is 1.23 bits per heavy atom. The van der Waals surface area contributed by atoms with E-state index in [9.17, 15) is 5.11 Å². The van der Waals surface area contributed by atoms with Gasteiger partial charge in [0.25, 0.3) is 0 Å². The Labute approximate surface area is 82.3 Å². The zero-order valence-electron chi connectivity index (χ0n) is 9.67. The second kappa shape index (κ2) is 5.58. The molecular weight excluding hydrogens is 164 g/mol. The Balaban J connectivity index is 0.000000671. The minimum atomic E-state index is -0.0347. The van der Waals surface area contributed by atoms with Crippen LogP contribution >= 0.6 is 0 Å². The van der Waals surface area contributed by atoms with Gasteiger partial charge in [0.2, 0.25) is 0 Å². The lowest BCUT2D eigenvalue weighted by molar-refractivity contribution is -0.000722. The van der Waals surface area contributed by atoms with Crippen molar-refractivity contribution in [2.45, 2.75) is 26.3 Å². The fourth-order valence-electron chi connectivity index (χ4n) is 1.54. The summed E-state index contributed by atoms with van der Waals surface area (Å²) in [5, 5.41) is 9.17. The lowest BCUT2D eigenvalue weighted by Crippen LogP contribution is -2.60. The van der Waals surface area contributed by atoms with Crippen molar-refractivity contribution in [2.75, 3.05) is 40.3 Å². The molecule has 80 valence electrons. The van der Waals surface area contributed by atoms with E-state index >= 15 is 0 Å². The SMILES string of the molecule is CC.CN1CCN(C)C(C)(CO)C1. The Hall–Kier alpha value is -0.120. The summed E-state index contributed by atoms with van der Waals surface area (Å²) in [6.07, 6.45) is 0. The molecule has 0 aliphatic carbocycles. The van der Waals surface area contributed by atoms with Crippen molar-refractivity contribution in [2.24, 2.45) is 0 Å². The third-order valence-corrected chi connectivity index (χ3v) is 2.69. The molecule has 1 atom stereocenters. The van der Waals surface area contributed by atoms with Crippen LogP contribution in [0.1, 0.15) is 20.8 Å². The molecule has 0 bridgehead atoms. The summed E-state index contributed by atoms with van der Waals surface area (Å²) in [6.45, 7) is 9.45. The van der Waals surface area contributed by atoms with Crippen molar-refractivity contribution >= 4 is 0 Å². The van der Waals surface area contributed by atoms with Crippen LogP contribution in [0.25, 0.3) is 0 Å². The summed E-state index contributed by atoms with van der Waals surface area (Å²) in [5.41, 5.74) is -0.0347. The first kappa shape index (κ1) is 12.9. The van der Waals surface area contributed by atoms with Gasteiger partial charge >= 0.3 is 0 Å². The predicted molar refractivity (Wildman–Crippen MR) is 57.0 cm³/mol. The lowest BCUT2D eigenvalue weighted by atomic mass is 9.99. The summed E-state index contributed by atoms with van der Waals surface area (Å²) < 4.78 is 0. The van der Waals surface area contributed by atoms with E-state index in [4.69, 9.17) is 0 Å². The quantitative estimate of drug-likeness (QED) is 0.654. The normalized spacial score (nSPS) is 30.9. The maximum absolute atomic E-state index is 9.17. The Morgan fingerprint density at radius 2 is 1.77 bits per heavy atom. The van der Waals surface area contributed by atoms with Crippen molar-refractivity contribution in [1.29, 1.82) is 0 Å². The highest BCUT2D eigenvalue weighted by Crippen LogP contribution is 2.17. The third-order valence-electron chi connectivity index (χ3n) is 2.69. The highest BCUT2D eigenvalue weighted by atomic mass is 16.3. The molecule has 13 heavy (non-hydrogen) atoms. The first-order valence-corrected chi connectivity index (χ1v) is 5.09. The number of piperazine rings is 1. The van der Waals surface area contributed by atoms with Crippen LogP contribution in [0.5, 0.6) is 0 Å². The van der Waals surface area contributed by atoms with Crippen molar-refractivity contribution in [1.82, 2.24) is 9.80 Å². The molecule has 1 aliphatic rings. The first-order chi connectivity index (χ1) is 6.08. The van der Waals surface area contributed by atoms with Crippen LogP contribution in [-0.2, 0) is 0 Å². The molecule has 0 spiro atoms. The van der Waals surface area contributed by atoms with Crippen molar-refractivity contribution in [3.05, 3.63) is 0 Å². The van der Waals surface area contributed by atoms with Crippen LogP contribution in [-0.4, -0.2) is 60.8 Å². The van der Waals surface area contributed by atoms with Gasteiger partial charge in [-0.1, -0.05) is 13.8 Å². The smallest absolute Gasteiger partial charge is 0.0625 e. The summed E-state index contributed by atoms with van der Waals surface area (Å²) in [5.74, 6) is 0. The molecule has 0 aromatic heterocycles. The van der Waals surface area contributed by atoms with Crippen LogP contribution in [0.4, 0.5) is 0 Å². The average Bonchev–Trinajstić information content (AvgIpc) is 2.15. The van der Waals surface area contributed by atoms with E-state index in [0.29, 0.717) is 0 Å². The monoisotopic (exact) mass is 188 g/mol. The van der Waals surface area contributed by atoms with Gasteiger partial charge in [-0.3, -0.25) is 4.90 Å². The summed E-state index contributed by atoms with van der Waals surface area (Å²) >= 11 is 0. The van der Waals surface area contributed by atoms with Crippen LogP contribution in [0, 0.1) is 0 Å². The van der Waals surface area contributed by atoms with Gasteiger partial charge in [-0.15, -0.1) is 0 Å². The minimum Gasteiger partial charge on any atom is -0.394 e. The number of aliphatic hydroxyl groups excluding tert-OH is 1. The zero-order chi connectivity index (χ0) is 10.5. The molecule has 3 nitrogen and oxygen atoms in total. The third kappa shape index (κ3) is 3.25. The number of hydrogen-bond donors (Lipinski definition) is 1. The van der Waals surface area contributed by atoms with Gasteiger partial charge in [0.15, 0.2) is 0 Å². The van der Waals surface area contributed by atoms with E-state index in [-0.39, 0.29) is 12.1 Å². The van der Waals surface area contributed by atoms with Crippen molar-refractivity contribution < 1.29 is 5.11 Å². The van der Waals surface area contributed by atoms with Gasteiger partial charge in [0, 0.05) is 19.6 Å². The summed E-state index contributed by atoms with van der Waals surface area (Å²) in [7, 11) is 4.17. The molecule has 1 rings (SSSR count). The Morgan fingerprint density at radius 3 is 2.15 bits per heavy atom. The van der Waals surface area contributed by atoms with Crippen LogP contribution in [0.3, 0.4) is 0 Å². The minimum absolute atomic E-state index is 0.0347. The molecule has 0 aromatic rings. The van der Waals surface area contributed by atoms with E-state index in [1.165, 1.54) is 0 Å². The van der Waals surface area contributed by atoms with E-state index in [2.05, 4.69) is 30.8 Å². The molecule has 1 saturated heterocycles. The molecular formula is C10H24N2O. The summed E-state index contributed by atoms with van der Waals surface area (Å²) in [4.78, 5) is 4.49. The van der Waals surface area contributed by atoms with E-state index in [1.54, 1.807) is 0 Å². The number of hydrogen-bond acceptors (Lipinski definition) is 3. The Kier molecular flexibility index (Phi) is 5.53. The van der Waals surface area contributed by atoms with Gasteiger partial charge in [-0.25, -0.2) is 0 Å². The maximum Gasteiger partial charge on any atom is 0.0625 e. The van der Waals surface area contributed by atoms with E-state index < -0.39 is 0 Å². The number of aliphatic hydroxyl groups is 1. The van der Waals surface area contributed by atoms with Gasteiger partial charge < -0.3 is 10.0 Å². The largest absolute Gasteiger partial charge is 0.394 e. The average molecular weight is 188 g/mol. The summed E-state index contributed by atoms with van der Waals surface area (Å²) in [6, 6.07) is 0. The zero-order valence-corrected chi connectivity index (χ0v) is 9.67. The first-order valence-electron chi connectivity index (χ1n) is 5.09.